The van der Waals surface area contributed by atoms with Crippen LogP contribution in [0, 0.1) is 26.6 Å². The van der Waals surface area contributed by atoms with Crippen LogP contribution in [0.3, 0.4) is 0 Å². The Morgan fingerprint density at radius 2 is 1.67 bits per heavy atom. The second-order valence-corrected chi connectivity index (χ2v) is 10.8. The monoisotopic (exact) mass is 623 g/mol. The molecule has 0 aliphatic rings. The summed E-state index contributed by atoms with van der Waals surface area (Å²) >= 11 is 0. The number of aliphatic carboxylic acids is 3. The maximum atomic E-state index is 13.8. The minimum absolute atomic E-state index is 0.190. The van der Waals surface area contributed by atoms with E-state index in [-0.39, 0.29) is 5.82 Å². The summed E-state index contributed by atoms with van der Waals surface area (Å²) in [6.45, 7) is 9.68. The highest BCUT2D eigenvalue weighted by Crippen LogP contribution is 2.24. The van der Waals surface area contributed by atoms with Crippen molar-refractivity contribution in [1.82, 2.24) is 24.0 Å². The van der Waals surface area contributed by atoms with Gasteiger partial charge in [-0.1, -0.05) is 18.2 Å². The first-order chi connectivity index (χ1) is 21.3. The SMILES string of the molecule is Cc1cccnc1-n1c(C)cc(CN(CCCn2ccnc2)Cc2cccc(F)c2)c1C.O=C(O)CC(O)(CC(=O)O)C(=O)O. The Hall–Kier alpha value is -4.88. The zero-order valence-electron chi connectivity index (χ0n) is 25.4. The Kier molecular flexibility index (Phi) is 12.1. The van der Waals surface area contributed by atoms with Crippen molar-refractivity contribution in [1.29, 1.82) is 0 Å². The normalized spacial score (nSPS) is 11.2. The van der Waals surface area contributed by atoms with E-state index in [1.165, 1.54) is 23.0 Å². The summed E-state index contributed by atoms with van der Waals surface area (Å²) in [7, 11) is 0. The number of benzene rings is 1. The maximum Gasteiger partial charge on any atom is 0.336 e. The highest BCUT2D eigenvalue weighted by molar-refractivity contribution is 5.88. The molecular formula is C32H38FN5O7. The Morgan fingerprint density at radius 3 is 2.24 bits per heavy atom. The van der Waals surface area contributed by atoms with Crippen LogP contribution in [0.15, 0.2) is 67.4 Å². The van der Waals surface area contributed by atoms with Gasteiger partial charge in [0.2, 0.25) is 0 Å². The molecule has 0 amide bonds. The molecule has 0 bridgehead atoms. The van der Waals surface area contributed by atoms with Crippen LogP contribution in [-0.4, -0.2) is 74.5 Å². The van der Waals surface area contributed by atoms with Gasteiger partial charge < -0.3 is 29.6 Å². The van der Waals surface area contributed by atoms with Crippen molar-refractivity contribution in [2.45, 2.75) is 65.3 Å². The van der Waals surface area contributed by atoms with E-state index in [9.17, 15) is 18.8 Å². The average molecular weight is 624 g/mol. The Bertz CT molecular complexity index is 1590. The number of carbonyl (C=O) groups is 3. The van der Waals surface area contributed by atoms with Crippen LogP contribution < -0.4 is 0 Å². The van der Waals surface area contributed by atoms with Crippen molar-refractivity contribution in [3.8, 4) is 5.82 Å². The second kappa shape index (κ2) is 15.7. The van der Waals surface area contributed by atoms with Gasteiger partial charge in [0.1, 0.15) is 11.6 Å². The molecule has 0 saturated heterocycles. The second-order valence-electron chi connectivity index (χ2n) is 10.8. The predicted octanol–water partition coefficient (Wildman–Crippen LogP) is 3.98. The highest BCUT2D eigenvalue weighted by Gasteiger charge is 2.40. The molecule has 0 atom stereocenters. The number of aromatic nitrogens is 4. The van der Waals surface area contributed by atoms with E-state index in [4.69, 9.17) is 20.4 Å². The fourth-order valence-corrected chi connectivity index (χ4v) is 4.99. The fraction of sp³-hybridized carbons (Fsp3) is 0.344. The summed E-state index contributed by atoms with van der Waals surface area (Å²) < 4.78 is 18.1. The van der Waals surface area contributed by atoms with Crippen LogP contribution in [0.4, 0.5) is 4.39 Å². The largest absolute Gasteiger partial charge is 0.481 e. The summed E-state index contributed by atoms with van der Waals surface area (Å²) in [4.78, 5) is 41.6. The molecular weight excluding hydrogens is 585 g/mol. The van der Waals surface area contributed by atoms with Gasteiger partial charge in [-0.2, -0.15) is 0 Å². The van der Waals surface area contributed by atoms with E-state index >= 15 is 0 Å². The van der Waals surface area contributed by atoms with E-state index in [2.05, 4.69) is 56.9 Å². The molecule has 0 aliphatic carbocycles. The van der Waals surface area contributed by atoms with E-state index in [0.29, 0.717) is 6.54 Å². The first-order valence-corrected chi connectivity index (χ1v) is 14.2. The average Bonchev–Trinajstić information content (AvgIpc) is 3.56. The van der Waals surface area contributed by atoms with Gasteiger partial charge in [-0.25, -0.2) is 19.2 Å². The lowest BCUT2D eigenvalue weighted by molar-refractivity contribution is -0.170. The van der Waals surface area contributed by atoms with Crippen molar-refractivity contribution in [2.24, 2.45) is 0 Å². The van der Waals surface area contributed by atoms with Gasteiger partial charge in [0, 0.05) is 56.2 Å². The van der Waals surface area contributed by atoms with Crippen molar-refractivity contribution in [3.05, 3.63) is 101 Å². The third-order valence-corrected chi connectivity index (χ3v) is 7.15. The molecule has 3 heterocycles. The minimum Gasteiger partial charge on any atom is -0.481 e. The number of carboxylic acid groups (broad SMARTS) is 3. The van der Waals surface area contributed by atoms with Gasteiger partial charge in [0.05, 0.1) is 19.2 Å². The standard InChI is InChI=1S/C26H30FN5.C6H8O7/c1-20-7-5-10-29-26(20)32-21(2)15-24(22(32)3)18-31(13-6-12-30-14-11-28-19-30)17-23-8-4-9-25(27)16-23;7-3(8)1-6(13,5(11)12)2-4(9)10/h4-5,7-11,14-16,19H,6,12-13,17-18H2,1-3H3;13H,1-2H2,(H,7,8)(H,9,10)(H,11,12). The minimum atomic E-state index is -2.74. The van der Waals surface area contributed by atoms with Gasteiger partial charge in [0.25, 0.3) is 0 Å². The Labute approximate surface area is 260 Å². The third-order valence-electron chi connectivity index (χ3n) is 7.15. The quantitative estimate of drug-likeness (QED) is 0.161. The summed E-state index contributed by atoms with van der Waals surface area (Å²) in [6, 6.07) is 13.2. The van der Waals surface area contributed by atoms with Crippen molar-refractivity contribution in [3.63, 3.8) is 0 Å². The lowest BCUT2D eigenvalue weighted by Crippen LogP contribution is -2.42. The number of aliphatic hydroxyl groups is 1. The third kappa shape index (κ3) is 10.1. The number of imidazole rings is 1. The summed E-state index contributed by atoms with van der Waals surface area (Å²) in [6.07, 6.45) is 6.18. The number of rotatable bonds is 14. The molecule has 3 aromatic heterocycles. The number of pyridine rings is 1. The van der Waals surface area contributed by atoms with Crippen LogP contribution >= 0.6 is 0 Å². The van der Waals surface area contributed by atoms with Gasteiger partial charge in [-0.05, 0) is 68.1 Å². The number of hydrogen-bond acceptors (Lipinski definition) is 7. The molecule has 12 nitrogen and oxygen atoms in total. The predicted molar refractivity (Wildman–Crippen MR) is 162 cm³/mol. The van der Waals surface area contributed by atoms with Crippen molar-refractivity contribution >= 4 is 17.9 Å². The molecule has 0 spiro atoms. The zero-order valence-corrected chi connectivity index (χ0v) is 25.4. The Morgan fingerprint density at radius 1 is 0.956 bits per heavy atom. The number of aryl methyl sites for hydroxylation is 3. The smallest absolute Gasteiger partial charge is 0.336 e. The summed E-state index contributed by atoms with van der Waals surface area (Å²) in [5.41, 5.74) is 3.04. The van der Waals surface area contributed by atoms with Crippen LogP contribution in [0.1, 0.15) is 47.3 Å². The van der Waals surface area contributed by atoms with Crippen LogP contribution in [-0.2, 0) is 34.0 Å². The molecule has 0 unspecified atom stereocenters. The highest BCUT2D eigenvalue weighted by atomic mass is 19.1. The fourth-order valence-electron chi connectivity index (χ4n) is 4.99. The topological polar surface area (TPSA) is 171 Å². The zero-order chi connectivity index (χ0) is 33.1. The van der Waals surface area contributed by atoms with E-state index in [0.717, 1.165) is 43.0 Å². The van der Waals surface area contributed by atoms with Crippen molar-refractivity contribution in [2.75, 3.05) is 6.54 Å². The first-order valence-electron chi connectivity index (χ1n) is 14.2. The molecule has 4 aromatic rings. The molecule has 240 valence electrons. The summed E-state index contributed by atoms with van der Waals surface area (Å²) in [5.74, 6) is -4.23. The number of hydrogen-bond donors (Lipinski definition) is 4. The van der Waals surface area contributed by atoms with Crippen LogP contribution in [0.2, 0.25) is 0 Å². The number of halogens is 1. The maximum absolute atomic E-state index is 13.8. The van der Waals surface area contributed by atoms with E-state index in [1.54, 1.807) is 18.3 Å². The number of carboxylic acids is 3. The summed E-state index contributed by atoms with van der Waals surface area (Å²) in [5, 5.41) is 33.8. The number of nitrogens with zero attached hydrogens (tertiary/aromatic N) is 5. The molecule has 1 aromatic carbocycles. The van der Waals surface area contributed by atoms with Gasteiger partial charge in [-0.15, -0.1) is 0 Å². The van der Waals surface area contributed by atoms with E-state index < -0.39 is 36.4 Å². The molecule has 4 rings (SSSR count). The molecule has 0 aliphatic heterocycles. The molecule has 0 saturated carbocycles. The molecule has 45 heavy (non-hydrogen) atoms. The van der Waals surface area contributed by atoms with Crippen molar-refractivity contribution < 1.29 is 39.2 Å². The molecule has 13 heteroatoms. The van der Waals surface area contributed by atoms with Gasteiger partial charge in [-0.3, -0.25) is 14.5 Å². The lowest BCUT2D eigenvalue weighted by atomic mass is 9.96. The van der Waals surface area contributed by atoms with E-state index in [1.807, 2.05) is 30.9 Å². The van der Waals surface area contributed by atoms with Gasteiger partial charge >= 0.3 is 17.9 Å². The van der Waals surface area contributed by atoms with Crippen LogP contribution in [0.5, 0.6) is 0 Å². The lowest BCUT2D eigenvalue weighted by Gasteiger charge is -2.23. The van der Waals surface area contributed by atoms with Gasteiger partial charge in [0.15, 0.2) is 5.60 Å². The molecule has 0 radical (unpaired) electrons. The van der Waals surface area contributed by atoms with Crippen LogP contribution in [0.25, 0.3) is 5.82 Å². The first kappa shape index (κ1) is 34.6. The molecule has 0 fully saturated rings. The molecule has 4 N–H and O–H groups in total. The Balaban J connectivity index is 0.000000360.